The Kier molecular flexibility index (Phi) is 5.89. The van der Waals surface area contributed by atoms with E-state index in [0.29, 0.717) is 23.7 Å². The Morgan fingerprint density at radius 1 is 1.35 bits per heavy atom. The normalized spacial score (nSPS) is 18.6. The van der Waals surface area contributed by atoms with Crippen LogP contribution in [0.1, 0.15) is 16.9 Å². The standard InChI is InChI=1S/C18H20ClNO4S2/c1-13-6-8-25-17(13)10-20(14-7-9-26(22,23)12-14)18(21)11-24-16-5-3-2-4-15(16)19/h2-6,8,14H,7,9-12H2,1H3/t14-/m0/s1. The van der Waals surface area contributed by atoms with Gasteiger partial charge in [-0.25, -0.2) is 8.42 Å². The Hall–Kier alpha value is -1.57. The maximum atomic E-state index is 12.8. The summed E-state index contributed by atoms with van der Waals surface area (Å²) in [6, 6.07) is 8.63. The third-order valence-electron chi connectivity index (χ3n) is 4.44. The number of ether oxygens (including phenoxy) is 1. The number of aryl methyl sites for hydroxylation is 1. The summed E-state index contributed by atoms with van der Waals surface area (Å²) >= 11 is 7.63. The highest BCUT2D eigenvalue weighted by Gasteiger charge is 2.35. The lowest BCUT2D eigenvalue weighted by molar-refractivity contribution is -0.135. The van der Waals surface area contributed by atoms with Crippen molar-refractivity contribution in [3.63, 3.8) is 0 Å². The number of amides is 1. The van der Waals surface area contributed by atoms with E-state index in [1.807, 2.05) is 18.4 Å². The zero-order valence-corrected chi connectivity index (χ0v) is 16.7. The molecule has 1 aromatic carbocycles. The monoisotopic (exact) mass is 413 g/mol. The molecule has 0 aliphatic carbocycles. The molecule has 5 nitrogen and oxygen atoms in total. The van der Waals surface area contributed by atoms with E-state index >= 15 is 0 Å². The zero-order valence-electron chi connectivity index (χ0n) is 14.4. The van der Waals surface area contributed by atoms with Gasteiger partial charge in [-0.15, -0.1) is 11.3 Å². The number of benzene rings is 1. The quantitative estimate of drug-likeness (QED) is 0.728. The Morgan fingerprint density at radius 3 is 2.73 bits per heavy atom. The van der Waals surface area contributed by atoms with Gasteiger partial charge in [0.2, 0.25) is 0 Å². The Bertz CT molecular complexity index is 894. The van der Waals surface area contributed by atoms with E-state index in [9.17, 15) is 13.2 Å². The van der Waals surface area contributed by atoms with Gasteiger partial charge in [0.05, 0.1) is 23.1 Å². The summed E-state index contributed by atoms with van der Waals surface area (Å²) in [5, 5.41) is 2.41. The van der Waals surface area contributed by atoms with Gasteiger partial charge < -0.3 is 9.64 Å². The molecule has 1 aliphatic rings. The molecule has 140 valence electrons. The third-order valence-corrected chi connectivity index (χ3v) is 7.51. The predicted molar refractivity (Wildman–Crippen MR) is 104 cm³/mol. The largest absolute Gasteiger partial charge is 0.482 e. The van der Waals surface area contributed by atoms with Crippen molar-refractivity contribution in [1.82, 2.24) is 4.90 Å². The van der Waals surface area contributed by atoms with Crippen LogP contribution < -0.4 is 4.74 Å². The van der Waals surface area contributed by atoms with Crippen LogP contribution in [-0.4, -0.2) is 43.4 Å². The van der Waals surface area contributed by atoms with E-state index in [0.717, 1.165) is 10.4 Å². The van der Waals surface area contributed by atoms with Gasteiger partial charge in [0.15, 0.2) is 16.4 Å². The molecule has 1 amide bonds. The first kappa shape index (κ1) is 19.2. The van der Waals surface area contributed by atoms with Gasteiger partial charge in [0.25, 0.3) is 5.91 Å². The molecule has 26 heavy (non-hydrogen) atoms. The van der Waals surface area contributed by atoms with Gasteiger partial charge in [-0.3, -0.25) is 4.79 Å². The number of carbonyl (C=O) groups is 1. The van der Waals surface area contributed by atoms with Crippen molar-refractivity contribution in [3.05, 3.63) is 51.2 Å². The van der Waals surface area contributed by atoms with Gasteiger partial charge in [0.1, 0.15) is 5.75 Å². The van der Waals surface area contributed by atoms with E-state index < -0.39 is 9.84 Å². The minimum atomic E-state index is -3.09. The molecule has 3 rings (SSSR count). The fourth-order valence-electron chi connectivity index (χ4n) is 2.95. The molecule has 0 N–H and O–H groups in total. The number of halogens is 1. The highest BCUT2D eigenvalue weighted by Crippen LogP contribution is 2.26. The molecule has 0 bridgehead atoms. The van der Waals surface area contributed by atoms with Crippen molar-refractivity contribution in [3.8, 4) is 5.75 Å². The number of hydrogen-bond acceptors (Lipinski definition) is 5. The minimum Gasteiger partial charge on any atom is -0.482 e. The molecule has 1 saturated heterocycles. The third kappa shape index (κ3) is 4.58. The van der Waals surface area contributed by atoms with Crippen LogP contribution in [0.15, 0.2) is 35.7 Å². The van der Waals surface area contributed by atoms with Crippen molar-refractivity contribution < 1.29 is 17.9 Å². The number of carbonyl (C=O) groups excluding carboxylic acids is 1. The molecule has 0 radical (unpaired) electrons. The van der Waals surface area contributed by atoms with Crippen molar-refractivity contribution in [1.29, 1.82) is 0 Å². The van der Waals surface area contributed by atoms with Crippen molar-refractivity contribution in [2.24, 2.45) is 0 Å². The van der Waals surface area contributed by atoms with Gasteiger partial charge >= 0.3 is 0 Å². The van der Waals surface area contributed by atoms with Crippen LogP contribution >= 0.6 is 22.9 Å². The summed E-state index contributed by atoms with van der Waals surface area (Å²) < 4.78 is 29.3. The predicted octanol–water partition coefficient (Wildman–Crippen LogP) is 3.30. The van der Waals surface area contributed by atoms with E-state index in [2.05, 4.69) is 0 Å². The van der Waals surface area contributed by atoms with E-state index in [-0.39, 0.29) is 30.1 Å². The summed E-state index contributed by atoms with van der Waals surface area (Å²) in [6.45, 7) is 2.21. The number of sulfone groups is 1. The number of thiophene rings is 1. The lowest BCUT2D eigenvalue weighted by Crippen LogP contribution is -2.43. The highest BCUT2D eigenvalue weighted by atomic mass is 35.5. The maximum absolute atomic E-state index is 12.8. The SMILES string of the molecule is Cc1ccsc1CN(C(=O)COc1ccccc1Cl)[C@H]1CCS(=O)(=O)C1. The van der Waals surface area contributed by atoms with Crippen LogP contribution in [0.25, 0.3) is 0 Å². The highest BCUT2D eigenvalue weighted by molar-refractivity contribution is 7.91. The van der Waals surface area contributed by atoms with Gasteiger partial charge in [-0.2, -0.15) is 0 Å². The fraction of sp³-hybridized carbons (Fsp3) is 0.389. The molecule has 1 atom stereocenters. The number of hydrogen-bond donors (Lipinski definition) is 0. The molecule has 1 aliphatic heterocycles. The Morgan fingerprint density at radius 2 is 2.12 bits per heavy atom. The minimum absolute atomic E-state index is 0.00918. The van der Waals surface area contributed by atoms with Gasteiger partial charge in [-0.05, 0) is 42.5 Å². The molecule has 1 fully saturated rings. The zero-order chi connectivity index (χ0) is 18.7. The number of rotatable bonds is 6. The first-order valence-corrected chi connectivity index (χ1v) is 11.3. The van der Waals surface area contributed by atoms with Crippen LogP contribution in [0.5, 0.6) is 5.75 Å². The second-order valence-electron chi connectivity index (χ2n) is 6.32. The van der Waals surface area contributed by atoms with E-state index in [1.165, 1.54) is 0 Å². The topological polar surface area (TPSA) is 63.7 Å². The maximum Gasteiger partial charge on any atom is 0.261 e. The van der Waals surface area contributed by atoms with E-state index in [4.69, 9.17) is 16.3 Å². The second-order valence-corrected chi connectivity index (χ2v) is 9.96. The average Bonchev–Trinajstić information content (AvgIpc) is 3.16. The van der Waals surface area contributed by atoms with Crippen molar-refractivity contribution in [2.45, 2.75) is 25.9 Å². The average molecular weight is 414 g/mol. The van der Waals surface area contributed by atoms with Gasteiger partial charge in [0, 0.05) is 10.9 Å². The molecule has 8 heteroatoms. The van der Waals surface area contributed by atoms with Crippen LogP contribution in [0.4, 0.5) is 0 Å². The first-order valence-electron chi connectivity index (χ1n) is 8.26. The summed E-state index contributed by atoms with van der Waals surface area (Å²) in [4.78, 5) is 15.5. The fourth-order valence-corrected chi connectivity index (χ4v) is 5.77. The van der Waals surface area contributed by atoms with Crippen molar-refractivity contribution >= 4 is 38.7 Å². The van der Waals surface area contributed by atoms with E-state index in [1.54, 1.807) is 40.5 Å². The number of para-hydroxylation sites is 1. The lowest BCUT2D eigenvalue weighted by atomic mass is 10.2. The summed E-state index contributed by atoms with van der Waals surface area (Å²) in [6.07, 6.45) is 0.463. The summed E-state index contributed by atoms with van der Waals surface area (Å²) in [5.74, 6) is 0.333. The molecule has 0 saturated carbocycles. The molecule has 0 spiro atoms. The molecule has 1 aromatic heterocycles. The second kappa shape index (κ2) is 7.98. The molecule has 2 heterocycles. The molecule has 2 aromatic rings. The summed E-state index contributed by atoms with van der Waals surface area (Å²) in [5.41, 5.74) is 1.10. The van der Waals surface area contributed by atoms with Crippen LogP contribution in [0.2, 0.25) is 5.02 Å². The van der Waals surface area contributed by atoms with Crippen LogP contribution in [-0.2, 0) is 21.2 Å². The Balaban J connectivity index is 1.75. The van der Waals surface area contributed by atoms with Crippen LogP contribution in [0.3, 0.4) is 0 Å². The first-order chi connectivity index (χ1) is 12.4. The molecular weight excluding hydrogens is 394 g/mol. The molecular formula is C18H20ClNO4S2. The summed E-state index contributed by atoms with van der Waals surface area (Å²) in [7, 11) is -3.09. The van der Waals surface area contributed by atoms with Crippen LogP contribution in [0, 0.1) is 6.92 Å². The van der Waals surface area contributed by atoms with Crippen molar-refractivity contribution in [2.75, 3.05) is 18.1 Å². The smallest absolute Gasteiger partial charge is 0.261 e. The van der Waals surface area contributed by atoms with Gasteiger partial charge in [-0.1, -0.05) is 23.7 Å². The number of nitrogens with zero attached hydrogens (tertiary/aromatic N) is 1. The molecule has 0 unspecified atom stereocenters. The lowest BCUT2D eigenvalue weighted by Gasteiger charge is -2.28. The Labute approximate surface area is 162 Å².